The molecule has 0 atom stereocenters. The van der Waals surface area contributed by atoms with Crippen LogP contribution in [0, 0.1) is 6.92 Å². The molecule has 26 heavy (non-hydrogen) atoms. The predicted octanol–water partition coefficient (Wildman–Crippen LogP) is 5.98. The number of carbonyl (C=O) groups is 1. The highest BCUT2D eigenvalue weighted by molar-refractivity contribution is 6.11. The van der Waals surface area contributed by atoms with Crippen LogP contribution in [0.1, 0.15) is 22.8 Å². The maximum atomic E-state index is 12.3. The molecule has 0 saturated heterocycles. The number of fused-ring (bicyclic) bond motifs is 1. The monoisotopic (exact) mass is 342 g/mol. The quantitative estimate of drug-likeness (QED) is 0.466. The number of phenolic OH excluding ortho intramolecular Hbond substituents is 1. The molecule has 0 fully saturated rings. The van der Waals surface area contributed by atoms with Crippen molar-refractivity contribution in [2.24, 2.45) is 0 Å². The van der Waals surface area contributed by atoms with Crippen molar-refractivity contribution >= 4 is 16.8 Å². The van der Waals surface area contributed by atoms with Gasteiger partial charge in [0.05, 0.1) is 11.6 Å². The highest BCUT2D eigenvalue weighted by atomic mass is 16.3. The third kappa shape index (κ3) is 2.49. The van der Waals surface area contributed by atoms with E-state index in [2.05, 4.69) is 12.1 Å². The first-order valence-electron chi connectivity index (χ1n) is 8.47. The Morgan fingerprint density at radius 2 is 1.50 bits per heavy atom. The Kier molecular flexibility index (Phi) is 3.85. The molecule has 3 aromatic carbocycles. The number of Topliss-reactive ketones (excluding diaryl/α,β-unsaturated/α-hetero) is 1. The molecular formula is C23H18O3. The third-order valence-corrected chi connectivity index (χ3v) is 4.76. The molecule has 0 aliphatic heterocycles. The number of phenols is 1. The van der Waals surface area contributed by atoms with Crippen molar-refractivity contribution in [1.29, 1.82) is 0 Å². The summed E-state index contributed by atoms with van der Waals surface area (Å²) in [6.45, 7) is 3.28. The van der Waals surface area contributed by atoms with Crippen LogP contribution in [0.2, 0.25) is 0 Å². The molecule has 4 aromatic rings. The summed E-state index contributed by atoms with van der Waals surface area (Å²) in [7, 11) is 0. The van der Waals surface area contributed by atoms with Crippen LogP contribution < -0.4 is 0 Å². The summed E-state index contributed by atoms with van der Waals surface area (Å²) in [6.07, 6.45) is 1.54. The van der Waals surface area contributed by atoms with Gasteiger partial charge in [-0.3, -0.25) is 4.79 Å². The second-order valence-electron chi connectivity index (χ2n) is 6.39. The number of hydrogen-bond acceptors (Lipinski definition) is 3. The number of benzene rings is 3. The van der Waals surface area contributed by atoms with Gasteiger partial charge in [0.2, 0.25) is 0 Å². The molecule has 0 amide bonds. The van der Waals surface area contributed by atoms with Gasteiger partial charge >= 0.3 is 0 Å². The zero-order chi connectivity index (χ0) is 18.3. The maximum absolute atomic E-state index is 12.3. The van der Waals surface area contributed by atoms with E-state index >= 15 is 0 Å². The number of carbonyl (C=O) groups excluding carboxylic acids is 1. The van der Waals surface area contributed by atoms with Crippen LogP contribution in [-0.2, 0) is 0 Å². The van der Waals surface area contributed by atoms with Crippen LogP contribution in [0.4, 0.5) is 0 Å². The van der Waals surface area contributed by atoms with Gasteiger partial charge in [0.1, 0.15) is 11.3 Å². The molecule has 0 aliphatic carbocycles. The van der Waals surface area contributed by atoms with Gasteiger partial charge in [0.25, 0.3) is 0 Å². The number of aromatic hydroxyl groups is 1. The number of hydrogen-bond donors (Lipinski definition) is 1. The van der Waals surface area contributed by atoms with Crippen LogP contribution in [0.15, 0.2) is 71.3 Å². The van der Waals surface area contributed by atoms with Crippen LogP contribution in [0.5, 0.6) is 5.75 Å². The Morgan fingerprint density at radius 1 is 0.885 bits per heavy atom. The standard InChI is InChI=1S/C23H18O3/c1-14-20(15(2)24)21(23-19(22(14)25)12-13-26-23)18-10-8-17(9-11-18)16-6-4-3-5-7-16/h3-13,25H,1-2H3. The minimum absolute atomic E-state index is 0.0989. The van der Waals surface area contributed by atoms with E-state index in [1.165, 1.54) is 13.2 Å². The Labute approximate surface area is 151 Å². The maximum Gasteiger partial charge on any atom is 0.160 e. The molecule has 3 heteroatoms. The van der Waals surface area contributed by atoms with Gasteiger partial charge in [0, 0.05) is 16.7 Å². The predicted molar refractivity (Wildman–Crippen MR) is 103 cm³/mol. The van der Waals surface area contributed by atoms with Gasteiger partial charge in [-0.2, -0.15) is 0 Å². The Balaban J connectivity index is 1.94. The van der Waals surface area contributed by atoms with Crippen LogP contribution in [0.25, 0.3) is 33.2 Å². The first-order chi connectivity index (χ1) is 12.6. The summed E-state index contributed by atoms with van der Waals surface area (Å²) >= 11 is 0. The highest BCUT2D eigenvalue weighted by Gasteiger charge is 2.22. The van der Waals surface area contributed by atoms with E-state index in [0.29, 0.717) is 22.1 Å². The minimum Gasteiger partial charge on any atom is -0.507 e. The molecule has 0 radical (unpaired) electrons. The van der Waals surface area contributed by atoms with Crippen LogP contribution in [-0.4, -0.2) is 10.9 Å². The smallest absolute Gasteiger partial charge is 0.160 e. The molecule has 0 saturated carbocycles. The molecule has 1 aromatic heterocycles. The van der Waals surface area contributed by atoms with Crippen molar-refractivity contribution in [3.05, 3.63) is 78.1 Å². The lowest BCUT2D eigenvalue weighted by Crippen LogP contribution is -2.01. The Bertz CT molecular complexity index is 1100. The lowest BCUT2D eigenvalue weighted by Gasteiger charge is -2.14. The molecule has 1 heterocycles. The Hall–Kier alpha value is -3.33. The zero-order valence-electron chi connectivity index (χ0n) is 14.6. The second-order valence-corrected chi connectivity index (χ2v) is 6.39. The molecule has 0 spiro atoms. The lowest BCUT2D eigenvalue weighted by atomic mass is 9.90. The van der Waals surface area contributed by atoms with Gasteiger partial charge in [0.15, 0.2) is 5.78 Å². The van der Waals surface area contributed by atoms with E-state index in [-0.39, 0.29) is 11.5 Å². The van der Waals surface area contributed by atoms with Crippen molar-refractivity contribution in [2.75, 3.05) is 0 Å². The fourth-order valence-electron chi connectivity index (χ4n) is 3.49. The minimum atomic E-state index is -0.0989. The van der Waals surface area contributed by atoms with Crippen molar-refractivity contribution in [1.82, 2.24) is 0 Å². The fourth-order valence-corrected chi connectivity index (χ4v) is 3.49. The molecule has 0 aliphatic rings. The van der Waals surface area contributed by atoms with Crippen molar-refractivity contribution in [3.63, 3.8) is 0 Å². The zero-order valence-corrected chi connectivity index (χ0v) is 14.6. The van der Waals surface area contributed by atoms with E-state index in [4.69, 9.17) is 4.42 Å². The normalized spacial score (nSPS) is 11.0. The SMILES string of the molecule is CC(=O)c1c(C)c(O)c2ccoc2c1-c1ccc(-c2ccccc2)cc1. The first-order valence-corrected chi connectivity index (χ1v) is 8.47. The molecule has 1 N–H and O–H groups in total. The van der Waals surface area contributed by atoms with Gasteiger partial charge in [-0.05, 0) is 36.6 Å². The largest absolute Gasteiger partial charge is 0.507 e. The van der Waals surface area contributed by atoms with E-state index in [0.717, 1.165) is 22.3 Å². The van der Waals surface area contributed by atoms with Crippen molar-refractivity contribution in [3.8, 4) is 28.0 Å². The molecule has 0 unspecified atom stereocenters. The fraction of sp³-hybridized carbons (Fsp3) is 0.0870. The average molecular weight is 342 g/mol. The van der Waals surface area contributed by atoms with Gasteiger partial charge in [-0.15, -0.1) is 0 Å². The average Bonchev–Trinajstić information content (AvgIpc) is 3.15. The van der Waals surface area contributed by atoms with Gasteiger partial charge in [-0.25, -0.2) is 0 Å². The summed E-state index contributed by atoms with van der Waals surface area (Å²) in [5, 5.41) is 11.0. The lowest BCUT2D eigenvalue weighted by molar-refractivity contribution is 0.101. The third-order valence-electron chi connectivity index (χ3n) is 4.76. The number of furan rings is 1. The second kappa shape index (κ2) is 6.19. The van der Waals surface area contributed by atoms with Crippen molar-refractivity contribution < 1.29 is 14.3 Å². The number of rotatable bonds is 3. The molecule has 0 bridgehead atoms. The molecular weight excluding hydrogens is 324 g/mol. The highest BCUT2D eigenvalue weighted by Crippen LogP contribution is 2.41. The Morgan fingerprint density at radius 3 is 2.15 bits per heavy atom. The summed E-state index contributed by atoms with van der Waals surface area (Å²) < 4.78 is 5.63. The summed E-state index contributed by atoms with van der Waals surface area (Å²) in [5.74, 6) is 0.00171. The van der Waals surface area contributed by atoms with E-state index in [1.54, 1.807) is 13.0 Å². The summed E-state index contributed by atoms with van der Waals surface area (Å²) in [6, 6.07) is 19.9. The van der Waals surface area contributed by atoms with Gasteiger partial charge < -0.3 is 9.52 Å². The molecule has 3 nitrogen and oxygen atoms in total. The van der Waals surface area contributed by atoms with Crippen LogP contribution >= 0.6 is 0 Å². The van der Waals surface area contributed by atoms with E-state index in [1.807, 2.05) is 42.5 Å². The first kappa shape index (κ1) is 16.2. The van der Waals surface area contributed by atoms with E-state index in [9.17, 15) is 9.90 Å². The van der Waals surface area contributed by atoms with E-state index < -0.39 is 0 Å². The van der Waals surface area contributed by atoms with Crippen molar-refractivity contribution in [2.45, 2.75) is 13.8 Å². The topological polar surface area (TPSA) is 50.4 Å². The summed E-state index contributed by atoms with van der Waals surface area (Å²) in [4.78, 5) is 12.3. The molecule has 4 rings (SSSR count). The van der Waals surface area contributed by atoms with Gasteiger partial charge in [-0.1, -0.05) is 54.6 Å². The van der Waals surface area contributed by atoms with Crippen LogP contribution in [0.3, 0.4) is 0 Å². The number of ketones is 1. The molecule has 128 valence electrons. The summed E-state index contributed by atoms with van der Waals surface area (Å²) in [5.41, 5.74) is 5.46.